The Balaban J connectivity index is 2.69. The largest absolute Gasteiger partial charge is 0.493 e. The van der Waals surface area contributed by atoms with Crippen molar-refractivity contribution < 1.29 is 9.66 Å². The van der Waals surface area contributed by atoms with Gasteiger partial charge in [0.2, 0.25) is 0 Å². The van der Waals surface area contributed by atoms with Crippen LogP contribution in [0.4, 0.5) is 5.69 Å². The molecular weight excluding hydrogens is 300 g/mol. The highest BCUT2D eigenvalue weighted by Crippen LogP contribution is 2.27. The van der Waals surface area contributed by atoms with Gasteiger partial charge in [0.15, 0.2) is 0 Å². The smallest absolute Gasteiger partial charge is 0.274 e. The van der Waals surface area contributed by atoms with Crippen molar-refractivity contribution in [2.45, 2.75) is 20.3 Å². The fraction of sp³-hybridized carbons (Fsp3) is 0.417. The van der Waals surface area contributed by atoms with Crippen LogP contribution in [0.25, 0.3) is 0 Å². The zero-order chi connectivity index (χ0) is 13.8. The van der Waals surface area contributed by atoms with E-state index in [1.807, 2.05) is 13.8 Å². The van der Waals surface area contributed by atoms with E-state index in [4.69, 9.17) is 10.00 Å². The number of nitrogens with zero attached hydrogens (tertiary/aromatic N) is 2. The lowest BCUT2D eigenvalue weighted by Crippen LogP contribution is -2.13. The molecule has 0 aliphatic rings. The van der Waals surface area contributed by atoms with Gasteiger partial charge in [0.25, 0.3) is 5.69 Å². The molecular formula is C12H13BrN2O3. The molecule has 0 saturated heterocycles. The first-order valence-electron chi connectivity index (χ1n) is 5.33. The van der Waals surface area contributed by atoms with Crippen LogP contribution in [0, 0.1) is 26.9 Å². The molecule has 1 aromatic carbocycles. The summed E-state index contributed by atoms with van der Waals surface area (Å²) in [7, 11) is 0. The lowest BCUT2D eigenvalue weighted by Gasteiger charge is -2.15. The summed E-state index contributed by atoms with van der Waals surface area (Å²) in [5.41, 5.74) is -0.489. The number of nitro benzene ring substituents is 1. The highest BCUT2D eigenvalue weighted by molar-refractivity contribution is 9.10. The predicted molar refractivity (Wildman–Crippen MR) is 70.3 cm³/mol. The Labute approximate surface area is 114 Å². The van der Waals surface area contributed by atoms with Crippen molar-refractivity contribution in [1.82, 2.24) is 0 Å². The van der Waals surface area contributed by atoms with Crippen molar-refractivity contribution in [2.24, 2.45) is 5.41 Å². The number of rotatable bonds is 5. The van der Waals surface area contributed by atoms with Crippen LogP contribution in [0.15, 0.2) is 22.7 Å². The molecule has 0 aromatic heterocycles. The predicted octanol–water partition coefficient (Wildman–Crippen LogP) is 3.68. The molecule has 6 heteroatoms. The van der Waals surface area contributed by atoms with Crippen molar-refractivity contribution in [1.29, 1.82) is 5.26 Å². The van der Waals surface area contributed by atoms with E-state index in [9.17, 15) is 10.1 Å². The van der Waals surface area contributed by atoms with E-state index < -0.39 is 10.3 Å². The fourth-order valence-electron chi connectivity index (χ4n) is 1.22. The molecule has 0 bridgehead atoms. The normalized spacial score (nSPS) is 10.8. The highest BCUT2D eigenvalue weighted by Gasteiger charge is 2.17. The first-order chi connectivity index (χ1) is 8.34. The van der Waals surface area contributed by atoms with E-state index >= 15 is 0 Å². The third-order valence-electron chi connectivity index (χ3n) is 2.37. The van der Waals surface area contributed by atoms with Gasteiger partial charge < -0.3 is 4.74 Å². The lowest BCUT2D eigenvalue weighted by atomic mass is 9.92. The zero-order valence-electron chi connectivity index (χ0n) is 10.1. The highest BCUT2D eigenvalue weighted by atomic mass is 79.9. The van der Waals surface area contributed by atoms with Crippen LogP contribution >= 0.6 is 15.9 Å². The molecule has 18 heavy (non-hydrogen) atoms. The molecule has 0 saturated carbocycles. The monoisotopic (exact) mass is 312 g/mol. The third kappa shape index (κ3) is 4.34. The number of hydrogen-bond donors (Lipinski definition) is 0. The summed E-state index contributed by atoms with van der Waals surface area (Å²) in [4.78, 5) is 10.2. The standard InChI is InChI=1S/C12H13BrN2O3/c1-12(2,8-14)3-4-18-11-6-9(13)5-10(7-11)15(16)17/h5-7H,3-4H2,1-2H3. The van der Waals surface area contributed by atoms with E-state index in [0.717, 1.165) is 0 Å². The van der Waals surface area contributed by atoms with Gasteiger partial charge in [-0.05, 0) is 26.3 Å². The molecule has 0 aliphatic heterocycles. The van der Waals surface area contributed by atoms with E-state index in [1.165, 1.54) is 12.1 Å². The Morgan fingerprint density at radius 3 is 2.72 bits per heavy atom. The Hall–Kier alpha value is -1.61. The third-order valence-corrected chi connectivity index (χ3v) is 2.82. The number of non-ortho nitro benzene ring substituents is 1. The van der Waals surface area contributed by atoms with Gasteiger partial charge in [0, 0.05) is 10.5 Å². The minimum Gasteiger partial charge on any atom is -0.493 e. The first-order valence-corrected chi connectivity index (χ1v) is 6.12. The van der Waals surface area contributed by atoms with Gasteiger partial charge in [-0.2, -0.15) is 5.26 Å². The molecule has 0 heterocycles. The molecule has 0 unspecified atom stereocenters. The van der Waals surface area contributed by atoms with Gasteiger partial charge >= 0.3 is 0 Å². The van der Waals surface area contributed by atoms with E-state index in [0.29, 0.717) is 23.2 Å². The average molecular weight is 313 g/mol. The molecule has 0 spiro atoms. The number of hydrogen-bond acceptors (Lipinski definition) is 4. The van der Waals surface area contributed by atoms with Crippen molar-refractivity contribution >= 4 is 21.6 Å². The van der Waals surface area contributed by atoms with Crippen molar-refractivity contribution in [3.8, 4) is 11.8 Å². The molecule has 96 valence electrons. The Kier molecular flexibility index (Phi) is 4.68. The molecule has 1 rings (SSSR count). The maximum Gasteiger partial charge on any atom is 0.274 e. The van der Waals surface area contributed by atoms with Crippen molar-refractivity contribution in [2.75, 3.05) is 6.61 Å². The number of nitro groups is 1. The molecule has 5 nitrogen and oxygen atoms in total. The number of ether oxygens (including phenoxy) is 1. The maximum absolute atomic E-state index is 10.7. The summed E-state index contributed by atoms with van der Waals surface area (Å²) in [6.45, 7) is 3.98. The van der Waals surface area contributed by atoms with Gasteiger partial charge in [-0.25, -0.2) is 0 Å². The summed E-state index contributed by atoms with van der Waals surface area (Å²) in [5.74, 6) is 0.421. The minimum atomic E-state index is -0.475. The number of benzene rings is 1. The Morgan fingerprint density at radius 1 is 1.50 bits per heavy atom. The van der Waals surface area contributed by atoms with Gasteiger partial charge in [-0.3, -0.25) is 10.1 Å². The minimum absolute atomic E-state index is 0.0288. The van der Waals surface area contributed by atoms with Gasteiger partial charge in [0.1, 0.15) is 5.75 Å². The van der Waals surface area contributed by atoms with Crippen LogP contribution in [-0.4, -0.2) is 11.5 Å². The molecule has 0 amide bonds. The van der Waals surface area contributed by atoms with Crippen LogP contribution in [0.1, 0.15) is 20.3 Å². The fourth-order valence-corrected chi connectivity index (χ4v) is 1.68. The van der Waals surface area contributed by atoms with Crippen LogP contribution in [0.2, 0.25) is 0 Å². The summed E-state index contributed by atoms with van der Waals surface area (Å²) in [6.07, 6.45) is 0.559. The van der Waals surface area contributed by atoms with Gasteiger partial charge in [-0.15, -0.1) is 0 Å². The second-order valence-electron chi connectivity index (χ2n) is 4.50. The van der Waals surface area contributed by atoms with Crippen LogP contribution in [-0.2, 0) is 0 Å². The van der Waals surface area contributed by atoms with Crippen molar-refractivity contribution in [3.63, 3.8) is 0 Å². The molecule has 1 aromatic rings. The first kappa shape index (κ1) is 14.5. The lowest BCUT2D eigenvalue weighted by molar-refractivity contribution is -0.385. The second-order valence-corrected chi connectivity index (χ2v) is 5.41. The summed E-state index contributed by atoms with van der Waals surface area (Å²) < 4.78 is 6.02. The Morgan fingerprint density at radius 2 is 2.17 bits per heavy atom. The topological polar surface area (TPSA) is 76.2 Å². The van der Waals surface area contributed by atoms with Crippen molar-refractivity contribution in [3.05, 3.63) is 32.8 Å². The maximum atomic E-state index is 10.7. The molecule has 0 N–H and O–H groups in total. The summed E-state index contributed by atoms with van der Waals surface area (Å²) >= 11 is 3.19. The van der Waals surface area contributed by atoms with E-state index in [2.05, 4.69) is 22.0 Å². The summed E-state index contributed by atoms with van der Waals surface area (Å²) in [5, 5.41) is 19.5. The number of halogens is 1. The SMILES string of the molecule is CC(C)(C#N)CCOc1cc(Br)cc([N+](=O)[O-])c1. The summed E-state index contributed by atoms with van der Waals surface area (Å²) in [6, 6.07) is 6.60. The molecule has 0 radical (unpaired) electrons. The number of nitriles is 1. The van der Waals surface area contributed by atoms with Gasteiger partial charge in [-0.1, -0.05) is 15.9 Å². The Bertz CT molecular complexity index is 495. The van der Waals surface area contributed by atoms with Crippen LogP contribution in [0.5, 0.6) is 5.75 Å². The van der Waals surface area contributed by atoms with E-state index in [1.54, 1.807) is 6.07 Å². The van der Waals surface area contributed by atoms with Crippen LogP contribution in [0.3, 0.4) is 0 Å². The molecule has 0 fully saturated rings. The average Bonchev–Trinajstić information content (AvgIpc) is 2.28. The zero-order valence-corrected chi connectivity index (χ0v) is 11.7. The second kappa shape index (κ2) is 5.83. The van der Waals surface area contributed by atoms with E-state index in [-0.39, 0.29) is 5.69 Å². The molecule has 0 atom stereocenters. The molecule has 0 aliphatic carbocycles. The quantitative estimate of drug-likeness (QED) is 0.614. The van der Waals surface area contributed by atoms with Crippen LogP contribution < -0.4 is 4.74 Å². The van der Waals surface area contributed by atoms with Gasteiger partial charge in [0.05, 0.1) is 29.1 Å².